The minimum Gasteiger partial charge on any atom is -0.147 e. The highest BCUT2D eigenvalue weighted by atomic mass is 35.5. The van der Waals surface area contributed by atoms with Crippen molar-refractivity contribution in [2.45, 2.75) is 18.8 Å². The SMILES string of the molecule is Cc1ccccc1C(CCl)(CCl)Cc1sccc1Cl. The molecule has 0 aliphatic carbocycles. The summed E-state index contributed by atoms with van der Waals surface area (Å²) < 4.78 is 0. The van der Waals surface area contributed by atoms with Gasteiger partial charge in [-0.3, -0.25) is 0 Å². The smallest absolute Gasteiger partial charge is 0.0545 e. The topological polar surface area (TPSA) is 0 Å². The number of halogens is 3. The highest BCUT2D eigenvalue weighted by Crippen LogP contribution is 2.37. The molecule has 0 atom stereocenters. The van der Waals surface area contributed by atoms with Crippen LogP contribution >= 0.6 is 46.1 Å². The van der Waals surface area contributed by atoms with Gasteiger partial charge in [0.2, 0.25) is 0 Å². The Labute approximate surface area is 133 Å². The van der Waals surface area contributed by atoms with E-state index in [-0.39, 0.29) is 5.41 Å². The van der Waals surface area contributed by atoms with E-state index in [1.54, 1.807) is 11.3 Å². The Morgan fingerprint density at radius 2 is 1.79 bits per heavy atom. The van der Waals surface area contributed by atoms with Crippen LogP contribution in [0.15, 0.2) is 35.7 Å². The monoisotopic (exact) mass is 332 g/mol. The first kappa shape index (κ1) is 15.2. The van der Waals surface area contributed by atoms with Crippen LogP contribution in [0.25, 0.3) is 0 Å². The van der Waals surface area contributed by atoms with Crippen molar-refractivity contribution in [2.24, 2.45) is 0 Å². The van der Waals surface area contributed by atoms with Crippen LogP contribution in [-0.2, 0) is 11.8 Å². The molecule has 2 aromatic rings. The lowest BCUT2D eigenvalue weighted by atomic mass is 9.78. The van der Waals surface area contributed by atoms with Crippen LogP contribution in [0, 0.1) is 6.92 Å². The van der Waals surface area contributed by atoms with Crippen molar-refractivity contribution in [3.05, 3.63) is 56.7 Å². The third kappa shape index (κ3) is 3.11. The maximum absolute atomic E-state index is 6.28. The number of hydrogen-bond donors (Lipinski definition) is 0. The second-order valence-electron chi connectivity index (χ2n) is 4.73. The zero-order chi connectivity index (χ0) is 13.9. The second-order valence-corrected chi connectivity index (χ2v) is 6.67. The number of aryl methyl sites for hydroxylation is 1. The van der Waals surface area contributed by atoms with Crippen LogP contribution in [0.2, 0.25) is 5.02 Å². The van der Waals surface area contributed by atoms with E-state index in [1.807, 2.05) is 23.6 Å². The van der Waals surface area contributed by atoms with Gasteiger partial charge < -0.3 is 0 Å². The van der Waals surface area contributed by atoms with Crippen molar-refractivity contribution in [2.75, 3.05) is 11.8 Å². The molecular weight excluding hydrogens is 319 g/mol. The van der Waals surface area contributed by atoms with Gasteiger partial charge in [0.25, 0.3) is 0 Å². The van der Waals surface area contributed by atoms with E-state index in [2.05, 4.69) is 19.1 Å². The molecule has 0 amide bonds. The predicted molar refractivity (Wildman–Crippen MR) is 87.3 cm³/mol. The first-order valence-electron chi connectivity index (χ1n) is 6.03. The summed E-state index contributed by atoms with van der Waals surface area (Å²) in [7, 11) is 0. The Kier molecular flexibility index (Phi) is 5.19. The first-order chi connectivity index (χ1) is 9.13. The van der Waals surface area contributed by atoms with Crippen LogP contribution in [0.1, 0.15) is 16.0 Å². The zero-order valence-corrected chi connectivity index (χ0v) is 13.7. The molecule has 1 heterocycles. The van der Waals surface area contributed by atoms with Crippen LogP contribution in [0.4, 0.5) is 0 Å². The van der Waals surface area contributed by atoms with E-state index >= 15 is 0 Å². The summed E-state index contributed by atoms with van der Waals surface area (Å²) in [5.41, 5.74) is 2.17. The van der Waals surface area contributed by atoms with Gasteiger partial charge in [0.15, 0.2) is 0 Å². The molecule has 0 saturated heterocycles. The highest BCUT2D eigenvalue weighted by Gasteiger charge is 2.33. The van der Waals surface area contributed by atoms with E-state index < -0.39 is 0 Å². The maximum Gasteiger partial charge on any atom is 0.0545 e. The summed E-state index contributed by atoms with van der Waals surface area (Å²) in [5.74, 6) is 0.963. The van der Waals surface area contributed by atoms with Crippen LogP contribution in [0.5, 0.6) is 0 Å². The summed E-state index contributed by atoms with van der Waals surface area (Å²) in [5, 5.41) is 2.81. The molecule has 0 aliphatic heterocycles. The fraction of sp³-hybridized carbons (Fsp3) is 0.333. The van der Waals surface area contributed by atoms with Gasteiger partial charge in [-0.25, -0.2) is 0 Å². The summed E-state index contributed by atoms with van der Waals surface area (Å²) in [6.45, 7) is 2.10. The van der Waals surface area contributed by atoms with Crippen LogP contribution in [0.3, 0.4) is 0 Å². The van der Waals surface area contributed by atoms with Gasteiger partial charge in [-0.2, -0.15) is 0 Å². The van der Waals surface area contributed by atoms with Gasteiger partial charge in [-0.1, -0.05) is 35.9 Å². The second kappa shape index (κ2) is 6.49. The Bertz CT molecular complexity index is 544. The Hall–Kier alpha value is -0.210. The largest absolute Gasteiger partial charge is 0.147 e. The van der Waals surface area contributed by atoms with Crippen molar-refractivity contribution in [1.29, 1.82) is 0 Å². The molecule has 0 saturated carbocycles. The first-order valence-corrected chi connectivity index (χ1v) is 8.35. The highest BCUT2D eigenvalue weighted by molar-refractivity contribution is 7.10. The normalized spacial score (nSPS) is 11.8. The molecule has 1 aromatic carbocycles. The van der Waals surface area contributed by atoms with Gasteiger partial charge in [0.1, 0.15) is 0 Å². The van der Waals surface area contributed by atoms with Gasteiger partial charge in [0.05, 0.1) is 5.02 Å². The Morgan fingerprint density at radius 1 is 1.11 bits per heavy atom. The van der Waals surface area contributed by atoms with E-state index in [0.29, 0.717) is 11.8 Å². The van der Waals surface area contributed by atoms with Crippen molar-refractivity contribution in [1.82, 2.24) is 0 Å². The van der Waals surface area contributed by atoms with Crippen LogP contribution < -0.4 is 0 Å². The average molecular weight is 334 g/mol. The van der Waals surface area contributed by atoms with Gasteiger partial charge >= 0.3 is 0 Å². The molecule has 1 aromatic heterocycles. The molecule has 0 nitrogen and oxygen atoms in total. The lowest BCUT2D eigenvalue weighted by molar-refractivity contribution is 0.538. The van der Waals surface area contributed by atoms with E-state index in [1.165, 1.54) is 11.1 Å². The molecule has 0 spiro atoms. The summed E-state index contributed by atoms with van der Waals surface area (Å²) in [6.07, 6.45) is 0.779. The molecule has 0 aliphatic rings. The number of hydrogen-bond acceptors (Lipinski definition) is 1. The minimum absolute atomic E-state index is 0.261. The lowest BCUT2D eigenvalue weighted by Gasteiger charge is -2.31. The van der Waals surface area contributed by atoms with Crippen molar-refractivity contribution < 1.29 is 0 Å². The quantitative estimate of drug-likeness (QED) is 0.619. The Balaban J connectivity index is 2.44. The number of thiophene rings is 1. The molecular formula is C15H15Cl3S. The van der Waals surface area contributed by atoms with E-state index in [9.17, 15) is 0 Å². The Morgan fingerprint density at radius 3 is 2.32 bits per heavy atom. The number of rotatable bonds is 5. The average Bonchev–Trinajstić information content (AvgIpc) is 2.82. The fourth-order valence-electron chi connectivity index (χ4n) is 2.30. The zero-order valence-electron chi connectivity index (χ0n) is 10.6. The van der Waals surface area contributed by atoms with Gasteiger partial charge in [-0.05, 0) is 35.9 Å². The number of alkyl halides is 2. The molecule has 0 fully saturated rings. The fourth-order valence-corrected chi connectivity index (χ4v) is 4.31. The third-order valence-corrected chi connectivity index (χ3v) is 5.83. The summed E-state index contributed by atoms with van der Waals surface area (Å²) >= 11 is 20.4. The summed E-state index contributed by atoms with van der Waals surface area (Å²) in [4.78, 5) is 1.14. The molecule has 102 valence electrons. The standard InChI is InChI=1S/C15H15Cl3S/c1-11-4-2-3-5-12(11)15(9-16,10-17)8-14-13(18)6-7-19-14/h2-7H,8-10H2,1H3. The molecule has 0 N–H and O–H groups in total. The molecule has 0 unspecified atom stereocenters. The molecule has 2 rings (SSSR count). The van der Waals surface area contributed by atoms with Crippen LogP contribution in [-0.4, -0.2) is 11.8 Å². The van der Waals surface area contributed by atoms with Crippen molar-refractivity contribution in [3.63, 3.8) is 0 Å². The minimum atomic E-state index is -0.261. The van der Waals surface area contributed by atoms with Crippen molar-refractivity contribution >= 4 is 46.1 Å². The molecule has 19 heavy (non-hydrogen) atoms. The maximum atomic E-state index is 6.28. The number of benzene rings is 1. The van der Waals surface area contributed by atoms with E-state index in [4.69, 9.17) is 34.8 Å². The molecule has 0 radical (unpaired) electrons. The summed E-state index contributed by atoms with van der Waals surface area (Å²) in [6, 6.07) is 10.2. The van der Waals surface area contributed by atoms with Crippen molar-refractivity contribution in [3.8, 4) is 0 Å². The molecule has 4 heteroatoms. The predicted octanol–water partition coefficient (Wildman–Crippen LogP) is 5.67. The van der Waals surface area contributed by atoms with Gasteiger partial charge in [0, 0.05) is 22.1 Å². The van der Waals surface area contributed by atoms with Gasteiger partial charge in [-0.15, -0.1) is 34.5 Å². The third-order valence-electron chi connectivity index (χ3n) is 3.42. The lowest BCUT2D eigenvalue weighted by Crippen LogP contribution is -2.34. The molecule has 0 bridgehead atoms. The van der Waals surface area contributed by atoms with E-state index in [0.717, 1.165) is 16.3 Å².